The second-order valence-corrected chi connectivity index (χ2v) is 6.92. The third-order valence-electron chi connectivity index (χ3n) is 5.20. The molecule has 2 nitrogen and oxygen atoms in total. The summed E-state index contributed by atoms with van der Waals surface area (Å²) in [5.41, 5.74) is 2.27. The van der Waals surface area contributed by atoms with Gasteiger partial charge in [-0.1, -0.05) is 60.7 Å². The van der Waals surface area contributed by atoms with E-state index < -0.39 is 0 Å². The highest BCUT2D eigenvalue weighted by molar-refractivity contribution is 6.20. The minimum Gasteiger partial charge on any atom is -0.497 e. The zero-order valence-corrected chi connectivity index (χ0v) is 15.6. The van der Waals surface area contributed by atoms with Gasteiger partial charge in [-0.05, 0) is 67.7 Å². The highest BCUT2D eigenvalue weighted by atomic mass is 16.5. The number of pyridine rings is 1. The average molecular weight is 361 g/mol. The molecule has 0 spiro atoms. The minimum atomic E-state index is 0.882. The monoisotopic (exact) mass is 361 g/mol. The number of rotatable bonds is 3. The fraction of sp³-hybridized carbons (Fsp3) is 0.0385. The molecule has 0 bridgehead atoms. The van der Waals surface area contributed by atoms with Crippen LogP contribution in [0, 0.1) is 0 Å². The summed E-state index contributed by atoms with van der Waals surface area (Å²) in [5, 5.41) is 7.48. The Morgan fingerprint density at radius 2 is 1.50 bits per heavy atom. The van der Waals surface area contributed by atoms with E-state index in [-0.39, 0.29) is 0 Å². The van der Waals surface area contributed by atoms with Crippen molar-refractivity contribution in [3.63, 3.8) is 0 Å². The molecular formula is C26H19NO. The maximum Gasteiger partial charge on any atom is 0.119 e. The lowest BCUT2D eigenvalue weighted by atomic mass is 9.95. The number of benzene rings is 4. The van der Waals surface area contributed by atoms with Gasteiger partial charge < -0.3 is 4.74 Å². The number of aromatic nitrogens is 1. The first-order chi connectivity index (χ1) is 13.8. The van der Waals surface area contributed by atoms with Crippen LogP contribution < -0.4 is 4.74 Å². The number of fused-ring (bicyclic) bond motifs is 5. The van der Waals surface area contributed by atoms with Crippen molar-refractivity contribution < 1.29 is 4.74 Å². The molecule has 1 aromatic heterocycles. The summed E-state index contributed by atoms with van der Waals surface area (Å²) < 4.78 is 5.40. The Hall–Kier alpha value is -3.65. The van der Waals surface area contributed by atoms with Crippen LogP contribution in [-0.2, 0) is 0 Å². The van der Waals surface area contributed by atoms with Gasteiger partial charge in [0.1, 0.15) is 5.75 Å². The summed E-state index contributed by atoms with van der Waals surface area (Å²) in [6, 6.07) is 25.7. The molecule has 0 atom stereocenters. The molecule has 0 saturated heterocycles. The number of methoxy groups -OCH3 is 1. The predicted octanol–water partition coefficient (Wildman–Crippen LogP) is 6.72. The molecule has 2 heteroatoms. The molecule has 28 heavy (non-hydrogen) atoms. The molecule has 0 N–H and O–H groups in total. The van der Waals surface area contributed by atoms with Gasteiger partial charge in [0.15, 0.2) is 0 Å². The zero-order chi connectivity index (χ0) is 18.9. The first-order valence-electron chi connectivity index (χ1n) is 9.33. The maximum atomic E-state index is 5.40. The largest absolute Gasteiger partial charge is 0.497 e. The average Bonchev–Trinajstić information content (AvgIpc) is 2.77. The highest BCUT2D eigenvalue weighted by Gasteiger charge is 2.07. The van der Waals surface area contributed by atoms with Crippen LogP contribution in [0.15, 0.2) is 85.2 Å². The molecule has 0 amide bonds. The van der Waals surface area contributed by atoms with Crippen molar-refractivity contribution in [2.45, 2.75) is 0 Å². The quantitative estimate of drug-likeness (QED) is 0.333. The highest BCUT2D eigenvalue weighted by Crippen LogP contribution is 2.34. The van der Waals surface area contributed by atoms with E-state index in [9.17, 15) is 0 Å². The smallest absolute Gasteiger partial charge is 0.119 e. The van der Waals surface area contributed by atoms with E-state index in [1.807, 2.05) is 18.3 Å². The molecule has 0 saturated carbocycles. The van der Waals surface area contributed by atoms with E-state index in [1.165, 1.54) is 37.9 Å². The zero-order valence-electron chi connectivity index (χ0n) is 15.6. The van der Waals surface area contributed by atoms with Crippen molar-refractivity contribution in [3.8, 4) is 5.75 Å². The lowest BCUT2D eigenvalue weighted by Gasteiger charge is -2.10. The molecule has 134 valence electrons. The van der Waals surface area contributed by atoms with Crippen molar-refractivity contribution in [2.24, 2.45) is 0 Å². The first-order valence-corrected chi connectivity index (χ1v) is 9.33. The van der Waals surface area contributed by atoms with Gasteiger partial charge >= 0.3 is 0 Å². The van der Waals surface area contributed by atoms with E-state index in [1.54, 1.807) is 13.3 Å². The molecule has 0 fully saturated rings. The SMILES string of the molecule is COc1ccc2c(ccc3ccc4ccc(/C=C/c5cccnc5)cc4c32)c1. The molecule has 0 aliphatic carbocycles. The van der Waals surface area contributed by atoms with Gasteiger partial charge in [0.25, 0.3) is 0 Å². The van der Waals surface area contributed by atoms with Gasteiger partial charge in [-0.25, -0.2) is 0 Å². The Balaban J connectivity index is 1.73. The topological polar surface area (TPSA) is 22.1 Å². The number of hydrogen-bond donors (Lipinski definition) is 0. The molecular weight excluding hydrogens is 342 g/mol. The Kier molecular flexibility index (Phi) is 4.02. The van der Waals surface area contributed by atoms with Gasteiger partial charge in [-0.15, -0.1) is 0 Å². The van der Waals surface area contributed by atoms with E-state index in [0.717, 1.165) is 11.3 Å². The van der Waals surface area contributed by atoms with Crippen LogP contribution >= 0.6 is 0 Å². The summed E-state index contributed by atoms with van der Waals surface area (Å²) in [4.78, 5) is 4.17. The van der Waals surface area contributed by atoms with Crippen molar-refractivity contribution in [1.29, 1.82) is 0 Å². The summed E-state index contributed by atoms with van der Waals surface area (Å²) in [6.07, 6.45) is 7.90. The van der Waals surface area contributed by atoms with Gasteiger partial charge in [0.05, 0.1) is 7.11 Å². The summed E-state index contributed by atoms with van der Waals surface area (Å²) in [5.74, 6) is 0.882. The number of hydrogen-bond acceptors (Lipinski definition) is 2. The predicted molar refractivity (Wildman–Crippen MR) is 119 cm³/mol. The van der Waals surface area contributed by atoms with Crippen molar-refractivity contribution in [1.82, 2.24) is 4.98 Å². The Morgan fingerprint density at radius 3 is 2.32 bits per heavy atom. The van der Waals surface area contributed by atoms with Crippen LogP contribution in [0.5, 0.6) is 5.75 Å². The summed E-state index contributed by atoms with van der Waals surface area (Å²) in [6.45, 7) is 0. The van der Waals surface area contributed by atoms with Gasteiger partial charge in [-0.3, -0.25) is 4.98 Å². The molecule has 0 unspecified atom stereocenters. The lowest BCUT2D eigenvalue weighted by Crippen LogP contribution is -1.85. The molecule has 0 aliphatic heterocycles. The third-order valence-corrected chi connectivity index (χ3v) is 5.20. The molecule has 5 rings (SSSR count). The maximum absolute atomic E-state index is 5.40. The second kappa shape index (κ2) is 6.82. The normalized spacial score (nSPS) is 11.6. The Labute approximate surface area is 163 Å². The molecule has 0 radical (unpaired) electrons. The molecule has 0 aliphatic rings. The van der Waals surface area contributed by atoms with Crippen LogP contribution in [0.1, 0.15) is 11.1 Å². The van der Waals surface area contributed by atoms with Gasteiger partial charge in [0, 0.05) is 12.4 Å². The minimum absolute atomic E-state index is 0.882. The van der Waals surface area contributed by atoms with Crippen molar-refractivity contribution in [2.75, 3.05) is 7.11 Å². The van der Waals surface area contributed by atoms with Crippen LogP contribution in [0.4, 0.5) is 0 Å². The van der Waals surface area contributed by atoms with E-state index in [4.69, 9.17) is 4.74 Å². The summed E-state index contributed by atoms with van der Waals surface area (Å²) in [7, 11) is 1.71. The van der Waals surface area contributed by atoms with Crippen LogP contribution in [0.2, 0.25) is 0 Å². The number of ether oxygens (including phenoxy) is 1. The van der Waals surface area contributed by atoms with E-state index in [0.29, 0.717) is 0 Å². The van der Waals surface area contributed by atoms with Crippen molar-refractivity contribution in [3.05, 3.63) is 96.3 Å². The van der Waals surface area contributed by atoms with Crippen molar-refractivity contribution >= 4 is 44.5 Å². The summed E-state index contributed by atoms with van der Waals surface area (Å²) >= 11 is 0. The van der Waals surface area contributed by atoms with Gasteiger partial charge in [0.2, 0.25) is 0 Å². The standard InChI is InChI=1S/C26H19NO/c1-28-23-12-13-24-22(16-23)11-10-21-9-8-20-7-6-18(15-25(20)26(21)24)4-5-19-3-2-14-27-17-19/h2-17H,1H3/b5-4+. The fourth-order valence-corrected chi connectivity index (χ4v) is 3.78. The molecule has 4 aromatic carbocycles. The lowest BCUT2D eigenvalue weighted by molar-refractivity contribution is 0.415. The third kappa shape index (κ3) is 2.89. The van der Waals surface area contributed by atoms with Crippen LogP contribution in [-0.4, -0.2) is 12.1 Å². The number of nitrogens with zero attached hydrogens (tertiary/aromatic N) is 1. The van der Waals surface area contributed by atoms with E-state index in [2.05, 4.69) is 77.8 Å². The second-order valence-electron chi connectivity index (χ2n) is 6.92. The van der Waals surface area contributed by atoms with Crippen LogP contribution in [0.3, 0.4) is 0 Å². The Morgan fingerprint density at radius 1 is 0.714 bits per heavy atom. The van der Waals surface area contributed by atoms with Gasteiger partial charge in [-0.2, -0.15) is 0 Å². The molecule has 5 aromatic rings. The fourth-order valence-electron chi connectivity index (χ4n) is 3.78. The Bertz CT molecular complexity index is 1340. The van der Waals surface area contributed by atoms with E-state index >= 15 is 0 Å². The van der Waals surface area contributed by atoms with Crippen LogP contribution in [0.25, 0.3) is 44.5 Å². The molecule has 1 heterocycles. The first kappa shape index (κ1) is 16.5.